The summed E-state index contributed by atoms with van der Waals surface area (Å²) >= 11 is 7.72. The SMILES string of the molecule is Clc1ccccc1/C=C\c1nn2c(CN3CCCCC3)nnc2s1. The van der Waals surface area contributed by atoms with Crippen molar-refractivity contribution in [3.8, 4) is 0 Å². The zero-order valence-corrected chi connectivity index (χ0v) is 14.8. The van der Waals surface area contributed by atoms with Gasteiger partial charge in [-0.15, -0.1) is 10.2 Å². The molecule has 0 atom stereocenters. The standard InChI is InChI=1S/C17H18ClN5S/c18-14-7-3-2-6-13(14)8-9-16-21-23-15(19-20-17(23)24-16)12-22-10-4-1-5-11-22/h2-3,6-9H,1,4-5,10-12H2/b9-8-. The first kappa shape index (κ1) is 15.7. The molecule has 0 N–H and O–H groups in total. The van der Waals surface area contributed by atoms with Crippen LogP contribution in [0.3, 0.4) is 0 Å². The Morgan fingerprint density at radius 2 is 1.92 bits per heavy atom. The number of likely N-dealkylation sites (tertiary alicyclic amines) is 1. The molecule has 0 saturated carbocycles. The molecule has 7 heteroatoms. The summed E-state index contributed by atoms with van der Waals surface area (Å²) < 4.78 is 1.87. The Kier molecular flexibility index (Phi) is 4.60. The highest BCUT2D eigenvalue weighted by molar-refractivity contribution is 7.17. The molecule has 0 spiro atoms. The molecule has 1 fully saturated rings. The van der Waals surface area contributed by atoms with Crippen molar-refractivity contribution in [2.45, 2.75) is 25.8 Å². The van der Waals surface area contributed by atoms with E-state index in [0.717, 1.165) is 46.0 Å². The smallest absolute Gasteiger partial charge is 0.235 e. The number of rotatable bonds is 4. The van der Waals surface area contributed by atoms with Crippen LogP contribution in [0.25, 0.3) is 17.1 Å². The number of benzene rings is 1. The molecule has 4 rings (SSSR count). The summed E-state index contributed by atoms with van der Waals surface area (Å²) in [5.74, 6) is 0.917. The minimum atomic E-state index is 0.738. The van der Waals surface area contributed by atoms with Gasteiger partial charge in [-0.2, -0.15) is 9.61 Å². The van der Waals surface area contributed by atoms with Gasteiger partial charge in [0.2, 0.25) is 4.96 Å². The van der Waals surface area contributed by atoms with Crippen LogP contribution in [0.2, 0.25) is 5.02 Å². The topological polar surface area (TPSA) is 46.3 Å². The maximum atomic E-state index is 6.18. The highest BCUT2D eigenvalue weighted by Crippen LogP contribution is 2.21. The van der Waals surface area contributed by atoms with Gasteiger partial charge in [-0.1, -0.05) is 53.6 Å². The average Bonchev–Trinajstić information content (AvgIpc) is 3.17. The van der Waals surface area contributed by atoms with E-state index < -0.39 is 0 Å². The van der Waals surface area contributed by atoms with Crippen LogP contribution in [-0.4, -0.2) is 37.8 Å². The average molecular weight is 360 g/mol. The normalized spacial score (nSPS) is 16.4. The van der Waals surface area contributed by atoms with Crippen molar-refractivity contribution in [1.82, 2.24) is 24.7 Å². The van der Waals surface area contributed by atoms with E-state index in [2.05, 4.69) is 20.2 Å². The highest BCUT2D eigenvalue weighted by Gasteiger charge is 2.16. The fourth-order valence-electron chi connectivity index (χ4n) is 2.93. The highest BCUT2D eigenvalue weighted by atomic mass is 35.5. The first-order valence-electron chi connectivity index (χ1n) is 8.16. The van der Waals surface area contributed by atoms with Crippen LogP contribution in [0.15, 0.2) is 24.3 Å². The number of piperidine rings is 1. The molecule has 1 aliphatic heterocycles. The maximum absolute atomic E-state index is 6.18. The lowest BCUT2D eigenvalue weighted by molar-refractivity contribution is 0.214. The molecule has 1 aromatic carbocycles. The second-order valence-electron chi connectivity index (χ2n) is 5.94. The molecule has 0 radical (unpaired) electrons. The third-order valence-corrected chi connectivity index (χ3v) is 5.40. The Balaban J connectivity index is 1.54. The number of aromatic nitrogens is 4. The second-order valence-corrected chi connectivity index (χ2v) is 7.34. The van der Waals surface area contributed by atoms with Crippen molar-refractivity contribution in [1.29, 1.82) is 0 Å². The molecule has 24 heavy (non-hydrogen) atoms. The van der Waals surface area contributed by atoms with Crippen LogP contribution < -0.4 is 0 Å². The number of fused-ring (bicyclic) bond motifs is 1. The summed E-state index contributed by atoms with van der Waals surface area (Å²) in [6.07, 6.45) is 7.83. The molecule has 3 aromatic rings. The van der Waals surface area contributed by atoms with Crippen molar-refractivity contribution < 1.29 is 0 Å². The molecular formula is C17H18ClN5S. The quantitative estimate of drug-likeness (QED) is 0.706. The van der Waals surface area contributed by atoms with Gasteiger partial charge in [0.1, 0.15) is 5.01 Å². The predicted molar refractivity (Wildman–Crippen MR) is 98.2 cm³/mol. The molecule has 0 amide bonds. The monoisotopic (exact) mass is 359 g/mol. The Bertz CT molecular complexity index is 863. The lowest BCUT2D eigenvalue weighted by Gasteiger charge is -2.25. The second kappa shape index (κ2) is 7.01. The van der Waals surface area contributed by atoms with Gasteiger partial charge < -0.3 is 0 Å². The van der Waals surface area contributed by atoms with Crippen LogP contribution >= 0.6 is 22.9 Å². The first-order chi connectivity index (χ1) is 11.8. The summed E-state index contributed by atoms with van der Waals surface area (Å²) in [6, 6.07) is 7.77. The lowest BCUT2D eigenvalue weighted by atomic mass is 10.1. The van der Waals surface area contributed by atoms with Crippen molar-refractivity contribution in [2.24, 2.45) is 0 Å². The third-order valence-electron chi connectivity index (χ3n) is 4.20. The molecule has 0 bridgehead atoms. The summed E-state index contributed by atoms with van der Waals surface area (Å²) in [4.78, 5) is 3.26. The fourth-order valence-corrected chi connectivity index (χ4v) is 3.89. The molecule has 1 aliphatic rings. The summed E-state index contributed by atoms with van der Waals surface area (Å²) in [6.45, 7) is 3.09. The fraction of sp³-hybridized carbons (Fsp3) is 0.353. The zero-order valence-electron chi connectivity index (χ0n) is 13.2. The van der Waals surface area contributed by atoms with Crippen LogP contribution in [0.1, 0.15) is 35.7 Å². The van der Waals surface area contributed by atoms with Gasteiger partial charge in [-0.25, -0.2) is 0 Å². The van der Waals surface area contributed by atoms with Gasteiger partial charge in [0.15, 0.2) is 5.82 Å². The van der Waals surface area contributed by atoms with Gasteiger partial charge in [-0.3, -0.25) is 4.90 Å². The molecule has 0 aliphatic carbocycles. The molecule has 5 nitrogen and oxygen atoms in total. The molecule has 3 heterocycles. The molecule has 124 valence electrons. The van der Waals surface area contributed by atoms with Crippen molar-refractivity contribution >= 4 is 40.1 Å². The van der Waals surface area contributed by atoms with Crippen molar-refractivity contribution in [3.63, 3.8) is 0 Å². The van der Waals surface area contributed by atoms with E-state index >= 15 is 0 Å². The van der Waals surface area contributed by atoms with E-state index in [-0.39, 0.29) is 0 Å². The Morgan fingerprint density at radius 3 is 2.75 bits per heavy atom. The number of halogens is 1. The van der Waals surface area contributed by atoms with E-state index in [9.17, 15) is 0 Å². The van der Waals surface area contributed by atoms with Gasteiger partial charge in [-0.05, 0) is 43.6 Å². The van der Waals surface area contributed by atoms with Gasteiger partial charge in [0, 0.05) is 5.02 Å². The van der Waals surface area contributed by atoms with E-state index in [1.807, 2.05) is 40.9 Å². The van der Waals surface area contributed by atoms with Gasteiger partial charge in [0.25, 0.3) is 0 Å². The molecule has 1 saturated heterocycles. The number of hydrogen-bond acceptors (Lipinski definition) is 5. The number of hydrogen-bond donors (Lipinski definition) is 0. The number of nitrogens with zero attached hydrogens (tertiary/aromatic N) is 5. The van der Waals surface area contributed by atoms with E-state index in [0.29, 0.717) is 0 Å². The first-order valence-corrected chi connectivity index (χ1v) is 9.35. The lowest BCUT2D eigenvalue weighted by Crippen LogP contribution is -2.30. The van der Waals surface area contributed by atoms with E-state index in [1.54, 1.807) is 0 Å². The zero-order chi connectivity index (χ0) is 16.4. The van der Waals surface area contributed by atoms with Gasteiger partial charge in [0.05, 0.1) is 6.54 Å². The van der Waals surface area contributed by atoms with Crippen LogP contribution in [0.5, 0.6) is 0 Å². The maximum Gasteiger partial charge on any atom is 0.235 e. The predicted octanol–water partition coefficient (Wildman–Crippen LogP) is 4.00. The van der Waals surface area contributed by atoms with Crippen molar-refractivity contribution in [2.75, 3.05) is 13.1 Å². The Hall–Kier alpha value is -1.76. The van der Waals surface area contributed by atoms with Crippen LogP contribution in [-0.2, 0) is 6.54 Å². The minimum absolute atomic E-state index is 0.738. The molecule has 0 unspecified atom stereocenters. The summed E-state index contributed by atoms with van der Waals surface area (Å²) in [7, 11) is 0. The van der Waals surface area contributed by atoms with Crippen LogP contribution in [0, 0.1) is 0 Å². The Morgan fingerprint density at radius 1 is 1.08 bits per heavy atom. The molecule has 2 aromatic heterocycles. The van der Waals surface area contributed by atoms with Gasteiger partial charge >= 0.3 is 0 Å². The minimum Gasteiger partial charge on any atom is -0.296 e. The van der Waals surface area contributed by atoms with Crippen molar-refractivity contribution in [3.05, 3.63) is 45.7 Å². The summed E-state index contributed by atoms with van der Waals surface area (Å²) in [5.41, 5.74) is 0.985. The van der Waals surface area contributed by atoms with E-state index in [1.165, 1.54) is 30.6 Å². The van der Waals surface area contributed by atoms with E-state index in [4.69, 9.17) is 11.6 Å². The van der Waals surface area contributed by atoms with Crippen LogP contribution in [0.4, 0.5) is 0 Å². The molecular weight excluding hydrogens is 342 g/mol. The largest absolute Gasteiger partial charge is 0.296 e. The Labute approximate surface area is 149 Å². The summed E-state index contributed by atoms with van der Waals surface area (Å²) in [5, 5.41) is 14.8. The third kappa shape index (κ3) is 3.36.